The van der Waals surface area contributed by atoms with Crippen LogP contribution in [-0.2, 0) is 28.5 Å². The van der Waals surface area contributed by atoms with Gasteiger partial charge in [0.2, 0.25) is 0 Å². The third-order valence-corrected chi connectivity index (χ3v) is 6.00. The van der Waals surface area contributed by atoms with E-state index in [4.69, 9.17) is 18.9 Å². The van der Waals surface area contributed by atoms with Crippen molar-refractivity contribution in [1.82, 2.24) is 0 Å². The summed E-state index contributed by atoms with van der Waals surface area (Å²) in [6.07, 6.45) is 8.00. The quantitative estimate of drug-likeness (QED) is 0.374. The molecule has 1 aliphatic carbocycles. The van der Waals surface area contributed by atoms with Crippen molar-refractivity contribution >= 4 is 11.9 Å². The van der Waals surface area contributed by atoms with Gasteiger partial charge in [-0.15, -0.1) is 0 Å². The molecule has 2 rings (SSSR count). The molecule has 5 unspecified atom stereocenters. The van der Waals surface area contributed by atoms with Gasteiger partial charge in [0.15, 0.2) is 6.29 Å². The second-order valence-corrected chi connectivity index (χ2v) is 8.86. The third kappa shape index (κ3) is 8.52. The Balaban J connectivity index is 1.79. The number of aliphatic hydroxyl groups excluding tert-OH is 1. The average Bonchev–Trinajstić information content (AvgIpc) is 2.99. The summed E-state index contributed by atoms with van der Waals surface area (Å²) < 4.78 is 22.6. The summed E-state index contributed by atoms with van der Waals surface area (Å²) in [5.74, 6) is -0.403. The molecule has 0 aromatic heterocycles. The van der Waals surface area contributed by atoms with Crippen molar-refractivity contribution in [3.63, 3.8) is 0 Å². The number of ether oxygens (including phenoxy) is 4. The molecule has 0 radical (unpaired) electrons. The van der Waals surface area contributed by atoms with Crippen molar-refractivity contribution < 1.29 is 33.6 Å². The Labute approximate surface area is 180 Å². The van der Waals surface area contributed by atoms with Crippen molar-refractivity contribution in [3.8, 4) is 0 Å². The van der Waals surface area contributed by atoms with Gasteiger partial charge in [0.05, 0.1) is 12.2 Å². The molecule has 1 heterocycles. The van der Waals surface area contributed by atoms with Gasteiger partial charge in [-0.25, -0.2) is 0 Å². The van der Waals surface area contributed by atoms with Gasteiger partial charge in [-0.3, -0.25) is 9.59 Å². The average molecular weight is 429 g/mol. The second-order valence-electron chi connectivity index (χ2n) is 8.86. The van der Waals surface area contributed by atoms with E-state index in [-0.39, 0.29) is 55.0 Å². The SMILES string of the molecule is CC(=O)OC1CC(OC2CCCCO2)C(CO)C1CCCCCCC(=O)OC(C)C. The van der Waals surface area contributed by atoms with E-state index in [2.05, 4.69) is 0 Å². The first kappa shape index (κ1) is 25.1. The van der Waals surface area contributed by atoms with Crippen LogP contribution in [-0.4, -0.2) is 54.9 Å². The van der Waals surface area contributed by atoms with Gasteiger partial charge < -0.3 is 24.1 Å². The number of hydrogen-bond donors (Lipinski definition) is 1. The minimum absolute atomic E-state index is 0.0147. The van der Waals surface area contributed by atoms with Crippen LogP contribution in [0.2, 0.25) is 0 Å². The van der Waals surface area contributed by atoms with E-state index in [0.29, 0.717) is 19.4 Å². The number of carbonyl (C=O) groups excluding carboxylic acids is 2. The molecule has 7 nitrogen and oxygen atoms in total. The lowest BCUT2D eigenvalue weighted by molar-refractivity contribution is -0.198. The first-order valence-electron chi connectivity index (χ1n) is 11.6. The molecule has 30 heavy (non-hydrogen) atoms. The Morgan fingerprint density at radius 1 is 1.07 bits per heavy atom. The van der Waals surface area contributed by atoms with E-state index in [9.17, 15) is 14.7 Å². The standard InChI is InChI=1S/C23H40O7/c1-16(2)28-22(26)11-7-5-4-6-10-18-19(15-24)21(14-20(18)29-17(3)25)30-23-12-8-9-13-27-23/h16,18-21,23-24H,4-15H2,1-3H3. The second kappa shape index (κ2) is 13.3. The Kier molecular flexibility index (Phi) is 11.1. The first-order chi connectivity index (χ1) is 14.4. The normalized spacial score (nSPS) is 29.2. The highest BCUT2D eigenvalue weighted by molar-refractivity contribution is 5.69. The summed E-state index contributed by atoms with van der Waals surface area (Å²) in [5, 5.41) is 10.0. The predicted molar refractivity (Wildman–Crippen MR) is 112 cm³/mol. The summed E-state index contributed by atoms with van der Waals surface area (Å²) in [4.78, 5) is 23.2. The highest BCUT2D eigenvalue weighted by atomic mass is 16.7. The molecule has 174 valence electrons. The van der Waals surface area contributed by atoms with Crippen molar-refractivity contribution in [2.24, 2.45) is 11.8 Å². The van der Waals surface area contributed by atoms with E-state index in [1.54, 1.807) is 0 Å². The molecule has 5 atom stereocenters. The van der Waals surface area contributed by atoms with Crippen LogP contribution in [0.3, 0.4) is 0 Å². The molecule has 0 spiro atoms. The van der Waals surface area contributed by atoms with Gasteiger partial charge in [-0.05, 0) is 46.0 Å². The minimum Gasteiger partial charge on any atom is -0.463 e. The number of aliphatic hydroxyl groups is 1. The molecule has 1 aliphatic heterocycles. The monoisotopic (exact) mass is 428 g/mol. The van der Waals surface area contributed by atoms with E-state index < -0.39 is 0 Å². The van der Waals surface area contributed by atoms with Gasteiger partial charge in [-0.2, -0.15) is 0 Å². The van der Waals surface area contributed by atoms with Gasteiger partial charge in [0, 0.05) is 44.8 Å². The zero-order valence-electron chi connectivity index (χ0n) is 18.8. The lowest BCUT2D eigenvalue weighted by atomic mass is 9.89. The molecule has 2 aliphatic rings. The smallest absolute Gasteiger partial charge is 0.306 e. The number of rotatable bonds is 12. The minimum atomic E-state index is -0.292. The van der Waals surface area contributed by atoms with Crippen LogP contribution in [0.1, 0.15) is 85.0 Å². The molecular formula is C23H40O7. The Morgan fingerprint density at radius 2 is 1.83 bits per heavy atom. The number of hydrogen-bond acceptors (Lipinski definition) is 7. The largest absolute Gasteiger partial charge is 0.463 e. The van der Waals surface area contributed by atoms with E-state index in [0.717, 1.165) is 51.4 Å². The summed E-state index contributed by atoms with van der Waals surface area (Å²) in [6, 6.07) is 0. The van der Waals surface area contributed by atoms with Gasteiger partial charge in [0.1, 0.15) is 6.10 Å². The maximum absolute atomic E-state index is 11.6. The van der Waals surface area contributed by atoms with Crippen molar-refractivity contribution in [1.29, 1.82) is 0 Å². The number of esters is 2. The summed E-state index contributed by atoms with van der Waals surface area (Å²) in [6.45, 7) is 5.87. The maximum Gasteiger partial charge on any atom is 0.306 e. The maximum atomic E-state index is 11.6. The van der Waals surface area contributed by atoms with Gasteiger partial charge in [0.25, 0.3) is 0 Å². The van der Waals surface area contributed by atoms with Crippen molar-refractivity contribution in [2.45, 2.75) is 110 Å². The number of unbranched alkanes of at least 4 members (excludes halogenated alkanes) is 3. The van der Waals surface area contributed by atoms with Crippen LogP contribution in [0, 0.1) is 11.8 Å². The Morgan fingerprint density at radius 3 is 2.47 bits per heavy atom. The molecule has 0 aromatic carbocycles. The zero-order valence-corrected chi connectivity index (χ0v) is 18.8. The molecule has 7 heteroatoms. The molecule has 0 aromatic rings. The van der Waals surface area contributed by atoms with Crippen LogP contribution < -0.4 is 0 Å². The van der Waals surface area contributed by atoms with E-state index >= 15 is 0 Å². The molecule has 2 fully saturated rings. The Bertz CT molecular complexity index is 516. The Hall–Kier alpha value is -1.18. The third-order valence-electron chi connectivity index (χ3n) is 6.00. The van der Waals surface area contributed by atoms with Crippen molar-refractivity contribution in [2.75, 3.05) is 13.2 Å². The topological polar surface area (TPSA) is 91.3 Å². The highest BCUT2D eigenvalue weighted by Gasteiger charge is 2.45. The van der Waals surface area contributed by atoms with Crippen LogP contribution in [0.15, 0.2) is 0 Å². The summed E-state index contributed by atoms with van der Waals surface area (Å²) >= 11 is 0. The zero-order chi connectivity index (χ0) is 21.9. The van der Waals surface area contributed by atoms with Crippen LogP contribution >= 0.6 is 0 Å². The predicted octanol–water partition coefficient (Wildman–Crippen LogP) is 3.75. The molecule has 1 saturated heterocycles. The van der Waals surface area contributed by atoms with Crippen LogP contribution in [0.25, 0.3) is 0 Å². The van der Waals surface area contributed by atoms with E-state index in [1.165, 1.54) is 6.92 Å². The molecule has 1 N–H and O–H groups in total. The fraction of sp³-hybridized carbons (Fsp3) is 0.913. The van der Waals surface area contributed by atoms with Crippen LogP contribution in [0.5, 0.6) is 0 Å². The van der Waals surface area contributed by atoms with E-state index in [1.807, 2.05) is 13.8 Å². The highest BCUT2D eigenvalue weighted by Crippen LogP contribution is 2.40. The summed E-state index contributed by atoms with van der Waals surface area (Å²) in [7, 11) is 0. The lowest BCUT2D eigenvalue weighted by Crippen LogP contribution is -2.33. The van der Waals surface area contributed by atoms with Crippen molar-refractivity contribution in [3.05, 3.63) is 0 Å². The fourth-order valence-corrected chi connectivity index (χ4v) is 4.63. The molecule has 0 bridgehead atoms. The van der Waals surface area contributed by atoms with Gasteiger partial charge in [-0.1, -0.05) is 19.3 Å². The molecular weight excluding hydrogens is 388 g/mol. The first-order valence-corrected chi connectivity index (χ1v) is 11.6. The molecule has 1 saturated carbocycles. The fourth-order valence-electron chi connectivity index (χ4n) is 4.63. The van der Waals surface area contributed by atoms with Gasteiger partial charge >= 0.3 is 11.9 Å². The number of carbonyl (C=O) groups is 2. The molecule has 0 amide bonds. The van der Waals surface area contributed by atoms with Crippen LogP contribution in [0.4, 0.5) is 0 Å². The lowest BCUT2D eigenvalue weighted by Gasteiger charge is -2.29. The summed E-state index contributed by atoms with van der Waals surface area (Å²) in [5.41, 5.74) is 0.